The quantitative estimate of drug-likeness (QED) is 0.814. The number of carbonyl (C=O) groups excluding carboxylic acids is 2. The zero-order valence-corrected chi connectivity index (χ0v) is 10.0. The summed E-state index contributed by atoms with van der Waals surface area (Å²) in [6.45, 7) is 2.28. The third-order valence-corrected chi connectivity index (χ3v) is 2.93. The fourth-order valence-corrected chi connectivity index (χ4v) is 1.88. The normalized spacial score (nSPS) is 20.0. The number of nitrogens with one attached hydrogen (secondary N) is 1. The molecule has 5 nitrogen and oxygen atoms in total. The van der Waals surface area contributed by atoms with Crippen molar-refractivity contribution in [3.8, 4) is 6.07 Å². The minimum Gasteiger partial charge on any atom is -0.337 e. The molecule has 3 amide bonds. The van der Waals surface area contributed by atoms with Crippen LogP contribution in [-0.2, 0) is 4.79 Å². The molecular weight excluding hydrogens is 230 g/mol. The van der Waals surface area contributed by atoms with Gasteiger partial charge in [-0.1, -0.05) is 13.0 Å². The monoisotopic (exact) mass is 243 g/mol. The molecule has 1 heterocycles. The van der Waals surface area contributed by atoms with Crippen molar-refractivity contribution in [3.05, 3.63) is 29.8 Å². The molecule has 1 aromatic rings. The fourth-order valence-electron chi connectivity index (χ4n) is 1.88. The van der Waals surface area contributed by atoms with Crippen LogP contribution in [0.25, 0.3) is 0 Å². The van der Waals surface area contributed by atoms with Gasteiger partial charge in [0.05, 0.1) is 17.3 Å². The van der Waals surface area contributed by atoms with Gasteiger partial charge in [0, 0.05) is 12.5 Å². The number of imide groups is 1. The van der Waals surface area contributed by atoms with Crippen molar-refractivity contribution in [3.63, 3.8) is 0 Å². The summed E-state index contributed by atoms with van der Waals surface area (Å²) in [5.74, 6) is -0.449. The summed E-state index contributed by atoms with van der Waals surface area (Å²) in [7, 11) is 0. The van der Waals surface area contributed by atoms with Gasteiger partial charge in [0.2, 0.25) is 5.91 Å². The number of hydrogen-bond acceptors (Lipinski definition) is 3. The van der Waals surface area contributed by atoms with Gasteiger partial charge in [-0.3, -0.25) is 4.79 Å². The molecule has 1 saturated heterocycles. The first kappa shape index (κ1) is 12.1. The van der Waals surface area contributed by atoms with Gasteiger partial charge in [-0.15, -0.1) is 0 Å². The van der Waals surface area contributed by atoms with E-state index in [1.54, 1.807) is 25.1 Å². The van der Waals surface area contributed by atoms with Gasteiger partial charge in [-0.25, -0.2) is 9.69 Å². The standard InChI is InChI=1S/C13H13N3O2/c1-9-5-6-15-13(18)16(12(9)17)11-4-2-3-10(7-11)8-14/h2-4,7,9H,5-6H2,1H3,(H,15,18). The van der Waals surface area contributed by atoms with Crippen LogP contribution in [0.3, 0.4) is 0 Å². The minimum absolute atomic E-state index is 0.213. The van der Waals surface area contributed by atoms with E-state index < -0.39 is 6.03 Å². The Bertz CT molecular complexity index is 533. The predicted molar refractivity (Wildman–Crippen MR) is 65.8 cm³/mol. The first-order valence-corrected chi connectivity index (χ1v) is 5.75. The van der Waals surface area contributed by atoms with Crippen molar-refractivity contribution < 1.29 is 9.59 Å². The van der Waals surface area contributed by atoms with Crippen molar-refractivity contribution in [2.75, 3.05) is 11.4 Å². The zero-order valence-electron chi connectivity index (χ0n) is 10.0. The molecule has 5 heteroatoms. The van der Waals surface area contributed by atoms with E-state index in [0.717, 1.165) is 4.90 Å². The molecule has 92 valence electrons. The highest BCUT2D eigenvalue weighted by molar-refractivity contribution is 6.15. The van der Waals surface area contributed by atoms with Crippen LogP contribution in [0.1, 0.15) is 18.9 Å². The maximum Gasteiger partial charge on any atom is 0.328 e. The molecule has 1 N–H and O–H groups in total. The SMILES string of the molecule is CC1CCNC(=O)N(c2cccc(C#N)c2)C1=O. The van der Waals surface area contributed by atoms with Crippen LogP contribution < -0.4 is 10.2 Å². The molecule has 0 aliphatic carbocycles. The third-order valence-electron chi connectivity index (χ3n) is 2.93. The summed E-state index contributed by atoms with van der Waals surface area (Å²) in [4.78, 5) is 25.1. The van der Waals surface area contributed by atoms with Gasteiger partial charge in [0.15, 0.2) is 0 Å². The van der Waals surface area contributed by atoms with Crippen LogP contribution in [0.4, 0.5) is 10.5 Å². The van der Waals surface area contributed by atoms with Crippen LogP contribution in [0.5, 0.6) is 0 Å². The van der Waals surface area contributed by atoms with E-state index in [2.05, 4.69) is 5.32 Å². The number of benzene rings is 1. The average molecular weight is 243 g/mol. The summed E-state index contributed by atoms with van der Waals surface area (Å²) in [6, 6.07) is 8.04. The van der Waals surface area contributed by atoms with Crippen LogP contribution >= 0.6 is 0 Å². The predicted octanol–water partition coefficient (Wildman–Crippen LogP) is 1.64. The second-order valence-corrected chi connectivity index (χ2v) is 4.26. The van der Waals surface area contributed by atoms with Crippen molar-refractivity contribution in [1.29, 1.82) is 5.26 Å². The summed E-state index contributed by atoms with van der Waals surface area (Å²) >= 11 is 0. The van der Waals surface area contributed by atoms with Crippen molar-refractivity contribution >= 4 is 17.6 Å². The molecule has 1 aliphatic rings. The number of urea groups is 1. The fraction of sp³-hybridized carbons (Fsp3) is 0.308. The highest BCUT2D eigenvalue weighted by Gasteiger charge is 2.30. The Morgan fingerprint density at radius 1 is 1.44 bits per heavy atom. The highest BCUT2D eigenvalue weighted by atomic mass is 16.2. The summed E-state index contributed by atoms with van der Waals surface area (Å²) in [5.41, 5.74) is 0.857. The minimum atomic E-state index is -0.431. The van der Waals surface area contributed by atoms with Gasteiger partial charge in [0.1, 0.15) is 0 Å². The lowest BCUT2D eigenvalue weighted by Crippen LogP contribution is -2.42. The molecule has 0 bridgehead atoms. The van der Waals surface area contributed by atoms with E-state index in [-0.39, 0.29) is 11.8 Å². The molecule has 0 saturated carbocycles. The van der Waals surface area contributed by atoms with E-state index in [1.165, 1.54) is 6.07 Å². The van der Waals surface area contributed by atoms with E-state index in [0.29, 0.717) is 24.2 Å². The number of amides is 3. The lowest BCUT2D eigenvalue weighted by molar-refractivity contribution is -0.121. The number of rotatable bonds is 1. The lowest BCUT2D eigenvalue weighted by Gasteiger charge is -2.20. The second-order valence-electron chi connectivity index (χ2n) is 4.26. The Hall–Kier alpha value is -2.35. The smallest absolute Gasteiger partial charge is 0.328 e. The van der Waals surface area contributed by atoms with Crippen LogP contribution in [0, 0.1) is 17.2 Å². The number of hydrogen-bond donors (Lipinski definition) is 1. The van der Waals surface area contributed by atoms with Gasteiger partial charge in [-0.2, -0.15) is 5.26 Å². The summed E-state index contributed by atoms with van der Waals surface area (Å²) in [5, 5.41) is 11.5. The van der Waals surface area contributed by atoms with Gasteiger partial charge < -0.3 is 5.32 Å². The first-order chi connectivity index (χ1) is 8.63. The van der Waals surface area contributed by atoms with Crippen LogP contribution in [-0.4, -0.2) is 18.5 Å². The molecule has 0 radical (unpaired) electrons. The number of anilines is 1. The van der Waals surface area contributed by atoms with Gasteiger partial charge in [0.25, 0.3) is 0 Å². The average Bonchev–Trinajstić information content (AvgIpc) is 2.50. The molecule has 0 aromatic heterocycles. The Kier molecular flexibility index (Phi) is 3.28. The maximum absolute atomic E-state index is 12.1. The van der Waals surface area contributed by atoms with Crippen LogP contribution in [0.2, 0.25) is 0 Å². The van der Waals surface area contributed by atoms with E-state index in [1.807, 2.05) is 6.07 Å². The Balaban J connectivity index is 2.42. The highest BCUT2D eigenvalue weighted by Crippen LogP contribution is 2.21. The molecule has 1 fully saturated rings. The number of nitrogens with zero attached hydrogens (tertiary/aromatic N) is 2. The maximum atomic E-state index is 12.1. The zero-order chi connectivity index (χ0) is 13.1. The summed E-state index contributed by atoms with van der Waals surface area (Å²) in [6.07, 6.45) is 0.624. The second kappa shape index (κ2) is 4.88. The first-order valence-electron chi connectivity index (χ1n) is 5.75. The van der Waals surface area contributed by atoms with E-state index in [9.17, 15) is 9.59 Å². The Morgan fingerprint density at radius 2 is 2.22 bits per heavy atom. The molecule has 1 atom stereocenters. The van der Waals surface area contributed by atoms with Crippen molar-refractivity contribution in [2.45, 2.75) is 13.3 Å². The lowest BCUT2D eigenvalue weighted by atomic mass is 10.1. The molecule has 1 aromatic carbocycles. The van der Waals surface area contributed by atoms with E-state index in [4.69, 9.17) is 5.26 Å². The molecule has 1 unspecified atom stereocenters. The number of nitriles is 1. The number of carbonyl (C=O) groups is 2. The van der Waals surface area contributed by atoms with Gasteiger partial charge in [-0.05, 0) is 24.6 Å². The third kappa shape index (κ3) is 2.18. The Morgan fingerprint density at radius 3 is 2.94 bits per heavy atom. The molecule has 0 spiro atoms. The Labute approximate surface area is 105 Å². The molecule has 2 rings (SSSR count). The molecule has 1 aliphatic heterocycles. The van der Waals surface area contributed by atoms with Crippen molar-refractivity contribution in [1.82, 2.24) is 5.32 Å². The topological polar surface area (TPSA) is 73.2 Å². The van der Waals surface area contributed by atoms with E-state index >= 15 is 0 Å². The van der Waals surface area contributed by atoms with Crippen molar-refractivity contribution in [2.24, 2.45) is 5.92 Å². The van der Waals surface area contributed by atoms with Crippen LogP contribution in [0.15, 0.2) is 24.3 Å². The largest absolute Gasteiger partial charge is 0.337 e. The molecule has 18 heavy (non-hydrogen) atoms. The van der Waals surface area contributed by atoms with Gasteiger partial charge >= 0.3 is 6.03 Å². The summed E-state index contributed by atoms with van der Waals surface area (Å²) < 4.78 is 0. The molecular formula is C13H13N3O2.